The third kappa shape index (κ3) is 4.95. The Kier molecular flexibility index (Phi) is 6.35. The fourth-order valence-electron chi connectivity index (χ4n) is 4.98. The van der Waals surface area contributed by atoms with Gasteiger partial charge in [-0.1, -0.05) is 31.2 Å². The van der Waals surface area contributed by atoms with Gasteiger partial charge < -0.3 is 4.74 Å². The second-order valence-corrected chi connectivity index (χ2v) is 8.90. The van der Waals surface area contributed by atoms with E-state index in [1.807, 2.05) is 18.2 Å². The molecule has 0 bridgehead atoms. The average Bonchev–Trinajstić information content (AvgIpc) is 3.21. The van der Waals surface area contributed by atoms with Gasteiger partial charge in [0.1, 0.15) is 24.0 Å². The van der Waals surface area contributed by atoms with Gasteiger partial charge in [0.05, 0.1) is 0 Å². The van der Waals surface area contributed by atoms with Crippen LogP contribution in [0.5, 0.6) is 5.75 Å². The zero-order chi connectivity index (χ0) is 22.0. The van der Waals surface area contributed by atoms with Gasteiger partial charge in [-0.2, -0.15) is 0 Å². The van der Waals surface area contributed by atoms with Gasteiger partial charge in [-0.3, -0.25) is 4.79 Å². The lowest BCUT2D eigenvalue weighted by Crippen LogP contribution is -2.06. The first-order valence-electron chi connectivity index (χ1n) is 11.0. The van der Waals surface area contributed by atoms with Gasteiger partial charge >= 0.3 is 0 Å². The molecule has 0 aliphatic heterocycles. The van der Waals surface area contributed by atoms with Gasteiger partial charge in [-0.05, 0) is 97.2 Å². The van der Waals surface area contributed by atoms with Crippen LogP contribution in [0.3, 0.4) is 0 Å². The molecule has 1 aliphatic rings. The van der Waals surface area contributed by atoms with Crippen molar-refractivity contribution >= 4 is 16.6 Å². The fourth-order valence-corrected chi connectivity index (χ4v) is 4.98. The van der Waals surface area contributed by atoms with Gasteiger partial charge in [-0.25, -0.2) is 8.78 Å². The molecular formula is C27H28F2O2. The lowest BCUT2D eigenvalue weighted by molar-refractivity contribution is -0.118. The quantitative estimate of drug-likeness (QED) is 0.404. The van der Waals surface area contributed by atoms with Crippen LogP contribution in [-0.4, -0.2) is 12.4 Å². The second-order valence-electron chi connectivity index (χ2n) is 8.90. The van der Waals surface area contributed by atoms with Crippen molar-refractivity contribution in [1.29, 1.82) is 0 Å². The number of Topliss-reactive ketones (excluding diaryl/α,β-unsaturated/α-hetero) is 1. The Bertz CT molecular complexity index is 1070. The molecule has 4 rings (SSSR count). The van der Waals surface area contributed by atoms with Crippen LogP contribution in [0.4, 0.5) is 8.78 Å². The first-order chi connectivity index (χ1) is 14.9. The van der Waals surface area contributed by atoms with Crippen LogP contribution in [0.1, 0.15) is 62.5 Å². The Morgan fingerprint density at radius 3 is 2.55 bits per heavy atom. The lowest BCUT2D eigenvalue weighted by Gasteiger charge is -2.19. The number of carbonyl (C=O) groups excluding carboxylic acids is 1. The van der Waals surface area contributed by atoms with Gasteiger partial charge in [0.25, 0.3) is 0 Å². The van der Waals surface area contributed by atoms with E-state index in [0.717, 1.165) is 36.0 Å². The van der Waals surface area contributed by atoms with E-state index in [2.05, 4.69) is 19.1 Å². The summed E-state index contributed by atoms with van der Waals surface area (Å²) in [6.07, 6.45) is 4.49. The van der Waals surface area contributed by atoms with Crippen molar-refractivity contribution < 1.29 is 18.3 Å². The average molecular weight is 423 g/mol. The molecule has 4 heteroatoms. The summed E-state index contributed by atoms with van der Waals surface area (Å²) in [5.41, 5.74) is 2.40. The molecule has 0 spiro atoms. The molecule has 0 radical (unpaired) electrons. The van der Waals surface area contributed by atoms with Crippen molar-refractivity contribution in [2.45, 2.75) is 51.4 Å². The SMILES string of the molecule is CC(=O)COc1ccc([C@@H]2CC[C@H](C[C@H](C)c3ccc(F)c4cc(F)ccc34)C2)cc1. The molecule has 1 fully saturated rings. The highest BCUT2D eigenvalue weighted by atomic mass is 19.1. The molecule has 1 aliphatic carbocycles. The zero-order valence-electron chi connectivity index (χ0n) is 18.0. The zero-order valence-corrected chi connectivity index (χ0v) is 18.0. The topological polar surface area (TPSA) is 26.3 Å². The molecule has 3 aromatic carbocycles. The number of ketones is 1. The minimum atomic E-state index is -0.410. The summed E-state index contributed by atoms with van der Waals surface area (Å²) in [7, 11) is 0. The van der Waals surface area contributed by atoms with Crippen molar-refractivity contribution in [2.75, 3.05) is 6.61 Å². The maximum Gasteiger partial charge on any atom is 0.167 e. The summed E-state index contributed by atoms with van der Waals surface area (Å²) >= 11 is 0. The van der Waals surface area contributed by atoms with Crippen LogP contribution in [0, 0.1) is 17.6 Å². The maximum atomic E-state index is 14.2. The number of ether oxygens (including phenoxy) is 1. The summed E-state index contributed by atoms with van der Waals surface area (Å²) in [5, 5.41) is 1.17. The van der Waals surface area contributed by atoms with Gasteiger partial charge in [0.15, 0.2) is 5.78 Å². The number of fused-ring (bicyclic) bond motifs is 1. The Balaban J connectivity index is 1.41. The maximum absolute atomic E-state index is 14.2. The number of carbonyl (C=O) groups is 1. The van der Waals surface area contributed by atoms with Gasteiger partial charge in [0, 0.05) is 5.39 Å². The van der Waals surface area contributed by atoms with Crippen molar-refractivity contribution in [3.63, 3.8) is 0 Å². The molecule has 2 nitrogen and oxygen atoms in total. The number of halogens is 2. The highest BCUT2D eigenvalue weighted by Gasteiger charge is 2.28. The number of benzene rings is 3. The second kappa shape index (κ2) is 9.17. The highest BCUT2D eigenvalue weighted by Crippen LogP contribution is 2.43. The van der Waals surface area contributed by atoms with E-state index >= 15 is 0 Å². The Hall–Kier alpha value is -2.75. The number of hydrogen-bond acceptors (Lipinski definition) is 2. The van der Waals surface area contributed by atoms with E-state index in [4.69, 9.17) is 4.74 Å². The molecule has 0 N–H and O–H groups in total. The van der Waals surface area contributed by atoms with Crippen LogP contribution < -0.4 is 4.74 Å². The first kappa shape index (κ1) is 21.5. The predicted molar refractivity (Wildman–Crippen MR) is 120 cm³/mol. The van der Waals surface area contributed by atoms with Crippen LogP contribution in [0.15, 0.2) is 54.6 Å². The molecular weight excluding hydrogens is 394 g/mol. The van der Waals surface area contributed by atoms with Crippen molar-refractivity contribution in [3.8, 4) is 5.75 Å². The largest absolute Gasteiger partial charge is 0.486 e. The molecule has 0 aromatic heterocycles. The summed E-state index contributed by atoms with van der Waals surface area (Å²) < 4.78 is 33.2. The minimum Gasteiger partial charge on any atom is -0.486 e. The third-order valence-corrected chi connectivity index (χ3v) is 6.51. The minimum absolute atomic E-state index is 0.0101. The first-order valence-corrected chi connectivity index (χ1v) is 11.0. The lowest BCUT2D eigenvalue weighted by atomic mass is 9.86. The van der Waals surface area contributed by atoms with Crippen LogP contribution in [0.25, 0.3) is 10.8 Å². The van der Waals surface area contributed by atoms with Crippen LogP contribution in [-0.2, 0) is 4.79 Å². The Morgan fingerprint density at radius 2 is 1.81 bits per heavy atom. The molecule has 3 aromatic rings. The van der Waals surface area contributed by atoms with E-state index in [0.29, 0.717) is 17.2 Å². The molecule has 0 heterocycles. The molecule has 0 amide bonds. The molecule has 1 saturated carbocycles. The van der Waals surface area contributed by atoms with Crippen LogP contribution >= 0.6 is 0 Å². The van der Waals surface area contributed by atoms with E-state index in [-0.39, 0.29) is 24.1 Å². The van der Waals surface area contributed by atoms with E-state index in [1.165, 1.54) is 37.1 Å². The number of rotatable bonds is 7. The molecule has 31 heavy (non-hydrogen) atoms. The number of hydrogen-bond donors (Lipinski definition) is 0. The van der Waals surface area contributed by atoms with Crippen LogP contribution in [0.2, 0.25) is 0 Å². The smallest absolute Gasteiger partial charge is 0.167 e. The highest BCUT2D eigenvalue weighted by molar-refractivity contribution is 5.86. The summed E-state index contributed by atoms with van der Waals surface area (Å²) in [5.74, 6) is 1.36. The van der Waals surface area contributed by atoms with E-state index in [9.17, 15) is 13.6 Å². The summed E-state index contributed by atoms with van der Waals surface area (Å²) in [4.78, 5) is 11.1. The van der Waals surface area contributed by atoms with Crippen molar-refractivity contribution in [1.82, 2.24) is 0 Å². The molecule has 0 saturated heterocycles. The fraction of sp³-hybridized carbons (Fsp3) is 0.370. The van der Waals surface area contributed by atoms with Crippen molar-refractivity contribution in [3.05, 3.63) is 77.4 Å². The predicted octanol–water partition coefficient (Wildman–Crippen LogP) is 7.16. The molecule has 162 valence electrons. The third-order valence-electron chi connectivity index (χ3n) is 6.51. The summed E-state index contributed by atoms with van der Waals surface area (Å²) in [6.45, 7) is 3.80. The molecule has 3 atom stereocenters. The summed E-state index contributed by atoms with van der Waals surface area (Å²) in [6, 6.07) is 15.8. The van der Waals surface area contributed by atoms with E-state index < -0.39 is 5.82 Å². The Morgan fingerprint density at radius 1 is 1.03 bits per heavy atom. The van der Waals surface area contributed by atoms with Gasteiger partial charge in [0.2, 0.25) is 0 Å². The monoisotopic (exact) mass is 422 g/mol. The van der Waals surface area contributed by atoms with E-state index in [1.54, 1.807) is 6.07 Å². The normalized spacial score (nSPS) is 19.5. The van der Waals surface area contributed by atoms with Gasteiger partial charge in [-0.15, -0.1) is 0 Å². The molecule has 0 unspecified atom stereocenters. The van der Waals surface area contributed by atoms with Crippen molar-refractivity contribution in [2.24, 2.45) is 5.92 Å². The standard InChI is InChI=1S/C27H28F2O2/c1-17(24-11-12-27(29)26-15-22(28)7-10-25(24)26)13-19-3-4-21(14-19)20-5-8-23(9-6-20)31-16-18(2)30/h5-12,15,17,19,21H,3-4,13-14,16H2,1-2H3/t17-,19+,21+/m0/s1. The Labute approximate surface area is 182 Å².